The number of ether oxygens (including phenoxy) is 1. The molecule has 1 N–H and O–H groups in total. The molecule has 1 aromatic carbocycles. The molecule has 3 rings (SSSR count). The largest absolute Gasteiger partial charge is 0.381 e. The number of amides is 1. The van der Waals surface area contributed by atoms with Crippen LogP contribution in [0.3, 0.4) is 0 Å². The highest BCUT2D eigenvalue weighted by atomic mass is 35.5. The maximum Gasteiger partial charge on any atom is 0.251 e. The maximum absolute atomic E-state index is 12.7. The van der Waals surface area contributed by atoms with Crippen molar-refractivity contribution in [3.8, 4) is 0 Å². The number of hydrogen-bond donors (Lipinski definition) is 1. The minimum absolute atomic E-state index is 0.102. The summed E-state index contributed by atoms with van der Waals surface area (Å²) in [5.74, 6) is 1.26. The average Bonchev–Trinajstić information content (AvgIpc) is 2.66. The van der Waals surface area contributed by atoms with Gasteiger partial charge in [-0.2, -0.15) is 0 Å². The lowest BCUT2D eigenvalue weighted by Crippen LogP contribution is -2.34. The monoisotopic (exact) mass is 373 g/mol. The zero-order chi connectivity index (χ0) is 18.5. The summed E-state index contributed by atoms with van der Waals surface area (Å²) in [6.45, 7) is 5.80. The number of nitrogens with one attached hydrogen (secondary N) is 1. The van der Waals surface area contributed by atoms with Gasteiger partial charge in [0.2, 0.25) is 0 Å². The van der Waals surface area contributed by atoms with Crippen LogP contribution in [0.5, 0.6) is 0 Å². The first-order chi connectivity index (χ1) is 12.6. The van der Waals surface area contributed by atoms with Gasteiger partial charge >= 0.3 is 0 Å². The Hall–Kier alpha value is -1.98. The van der Waals surface area contributed by atoms with Crippen LogP contribution in [0.2, 0.25) is 5.02 Å². The standard InChI is InChI=1S/C20H24ClN3O2/c1-13-17(4-3-5-19(13)21)20(25)24-12-18(15-6-8-26-9-7-15)16-10-22-14(2)23-11-16/h3-5,10-11,15,18H,6-9,12H2,1-2H3,(H,24,25). The fourth-order valence-electron chi connectivity index (χ4n) is 3.42. The normalized spacial score (nSPS) is 16.3. The van der Waals surface area contributed by atoms with Crippen molar-refractivity contribution in [3.63, 3.8) is 0 Å². The van der Waals surface area contributed by atoms with E-state index in [1.807, 2.05) is 26.2 Å². The Morgan fingerprint density at radius 3 is 2.65 bits per heavy atom. The highest BCUT2D eigenvalue weighted by molar-refractivity contribution is 6.31. The Bertz CT molecular complexity index is 758. The molecule has 1 amide bonds. The smallest absolute Gasteiger partial charge is 0.251 e. The fourth-order valence-corrected chi connectivity index (χ4v) is 3.59. The van der Waals surface area contributed by atoms with E-state index in [0.717, 1.165) is 43.0 Å². The second-order valence-electron chi connectivity index (χ2n) is 6.74. The highest BCUT2D eigenvalue weighted by Crippen LogP contribution is 2.31. The van der Waals surface area contributed by atoms with E-state index in [0.29, 0.717) is 23.0 Å². The van der Waals surface area contributed by atoms with E-state index in [9.17, 15) is 4.79 Å². The van der Waals surface area contributed by atoms with Crippen molar-refractivity contribution >= 4 is 17.5 Å². The minimum atomic E-state index is -0.102. The first kappa shape index (κ1) is 18.8. The zero-order valence-electron chi connectivity index (χ0n) is 15.2. The van der Waals surface area contributed by atoms with Crippen molar-refractivity contribution in [2.45, 2.75) is 32.6 Å². The third-order valence-corrected chi connectivity index (χ3v) is 5.47. The van der Waals surface area contributed by atoms with Gasteiger partial charge in [-0.25, -0.2) is 9.97 Å². The average molecular weight is 374 g/mol. The minimum Gasteiger partial charge on any atom is -0.381 e. The van der Waals surface area contributed by atoms with Crippen LogP contribution in [0.15, 0.2) is 30.6 Å². The molecule has 0 saturated carbocycles. The predicted octanol–water partition coefficient (Wildman–Crippen LogP) is 3.69. The fraction of sp³-hybridized carbons (Fsp3) is 0.450. The van der Waals surface area contributed by atoms with E-state index in [1.165, 1.54) is 0 Å². The van der Waals surface area contributed by atoms with Crippen LogP contribution >= 0.6 is 11.6 Å². The zero-order valence-corrected chi connectivity index (χ0v) is 15.9. The molecule has 1 unspecified atom stereocenters. The van der Waals surface area contributed by atoms with Crippen molar-refractivity contribution in [1.82, 2.24) is 15.3 Å². The Labute approximate surface area is 159 Å². The molecule has 1 fully saturated rings. The van der Waals surface area contributed by atoms with Crippen molar-refractivity contribution in [2.24, 2.45) is 5.92 Å². The summed E-state index contributed by atoms with van der Waals surface area (Å²) in [6.07, 6.45) is 5.70. The van der Waals surface area contributed by atoms with Crippen LogP contribution in [-0.2, 0) is 4.74 Å². The lowest BCUT2D eigenvalue weighted by molar-refractivity contribution is 0.0572. The molecule has 138 valence electrons. The molecule has 1 aliphatic rings. The van der Waals surface area contributed by atoms with Gasteiger partial charge in [-0.1, -0.05) is 17.7 Å². The summed E-state index contributed by atoms with van der Waals surface area (Å²) in [5, 5.41) is 3.69. The van der Waals surface area contributed by atoms with Crippen molar-refractivity contribution in [2.75, 3.05) is 19.8 Å². The summed E-state index contributed by atoms with van der Waals surface area (Å²) in [5.41, 5.74) is 2.47. The van der Waals surface area contributed by atoms with Gasteiger partial charge in [-0.3, -0.25) is 4.79 Å². The quantitative estimate of drug-likeness (QED) is 0.868. The summed E-state index contributed by atoms with van der Waals surface area (Å²) < 4.78 is 5.50. The van der Waals surface area contributed by atoms with Crippen LogP contribution in [0.25, 0.3) is 0 Å². The van der Waals surface area contributed by atoms with Crippen LogP contribution < -0.4 is 5.32 Å². The first-order valence-electron chi connectivity index (χ1n) is 8.96. The van der Waals surface area contributed by atoms with E-state index in [-0.39, 0.29) is 11.8 Å². The number of hydrogen-bond acceptors (Lipinski definition) is 4. The molecule has 0 spiro atoms. The van der Waals surface area contributed by atoms with Crippen LogP contribution in [0, 0.1) is 19.8 Å². The molecule has 0 aliphatic carbocycles. The lowest BCUT2D eigenvalue weighted by atomic mass is 9.82. The summed E-state index contributed by atoms with van der Waals surface area (Å²) in [7, 11) is 0. The number of benzene rings is 1. The molecule has 6 heteroatoms. The van der Waals surface area contributed by atoms with Crippen LogP contribution in [0.4, 0.5) is 0 Å². The first-order valence-corrected chi connectivity index (χ1v) is 9.33. The van der Waals surface area contributed by atoms with Crippen molar-refractivity contribution in [1.29, 1.82) is 0 Å². The summed E-state index contributed by atoms with van der Waals surface area (Å²) in [6, 6.07) is 5.39. The van der Waals surface area contributed by atoms with E-state index in [1.54, 1.807) is 18.2 Å². The van der Waals surface area contributed by atoms with E-state index < -0.39 is 0 Å². The molecular formula is C20H24ClN3O2. The number of carbonyl (C=O) groups is 1. The third-order valence-electron chi connectivity index (χ3n) is 5.06. The number of carbonyl (C=O) groups excluding carboxylic acids is 1. The van der Waals surface area contributed by atoms with Crippen LogP contribution in [-0.4, -0.2) is 35.6 Å². The van der Waals surface area contributed by atoms with E-state index >= 15 is 0 Å². The molecule has 1 saturated heterocycles. The summed E-state index contributed by atoms with van der Waals surface area (Å²) in [4.78, 5) is 21.3. The van der Waals surface area contributed by atoms with Crippen molar-refractivity contribution in [3.05, 3.63) is 58.1 Å². The predicted molar refractivity (Wildman–Crippen MR) is 102 cm³/mol. The Kier molecular flexibility index (Phi) is 6.22. The SMILES string of the molecule is Cc1ncc(C(CNC(=O)c2cccc(Cl)c2C)C2CCOCC2)cn1. The highest BCUT2D eigenvalue weighted by Gasteiger charge is 2.27. The van der Waals surface area contributed by atoms with Gasteiger partial charge in [0, 0.05) is 48.7 Å². The molecule has 2 heterocycles. The molecule has 1 aliphatic heterocycles. The van der Waals surface area contributed by atoms with Gasteiger partial charge in [0.25, 0.3) is 5.91 Å². The molecule has 1 aromatic heterocycles. The molecule has 2 aromatic rings. The molecule has 0 radical (unpaired) electrons. The molecule has 5 nitrogen and oxygen atoms in total. The van der Waals surface area contributed by atoms with Gasteiger partial charge < -0.3 is 10.1 Å². The van der Waals surface area contributed by atoms with Gasteiger partial charge in [0.1, 0.15) is 5.82 Å². The molecule has 1 atom stereocenters. The second-order valence-corrected chi connectivity index (χ2v) is 7.15. The number of nitrogens with zero attached hydrogens (tertiary/aromatic N) is 2. The van der Waals surface area contributed by atoms with Crippen LogP contribution in [0.1, 0.15) is 46.1 Å². The maximum atomic E-state index is 12.7. The van der Waals surface area contributed by atoms with Gasteiger partial charge in [-0.05, 0) is 55.9 Å². The summed E-state index contributed by atoms with van der Waals surface area (Å²) >= 11 is 6.14. The van der Waals surface area contributed by atoms with Gasteiger partial charge in [-0.15, -0.1) is 0 Å². The molecule has 26 heavy (non-hydrogen) atoms. The second kappa shape index (κ2) is 8.60. The molecule has 0 bridgehead atoms. The number of aromatic nitrogens is 2. The Balaban J connectivity index is 1.76. The van der Waals surface area contributed by atoms with Gasteiger partial charge in [0.15, 0.2) is 0 Å². The third kappa shape index (κ3) is 4.40. The van der Waals surface area contributed by atoms with E-state index in [2.05, 4.69) is 15.3 Å². The number of aryl methyl sites for hydroxylation is 1. The lowest BCUT2D eigenvalue weighted by Gasteiger charge is -2.30. The topological polar surface area (TPSA) is 64.1 Å². The number of rotatable bonds is 5. The van der Waals surface area contributed by atoms with Gasteiger partial charge in [0.05, 0.1) is 0 Å². The number of halogens is 1. The molecular weight excluding hydrogens is 350 g/mol. The van der Waals surface area contributed by atoms with E-state index in [4.69, 9.17) is 16.3 Å². The Morgan fingerprint density at radius 2 is 1.96 bits per heavy atom. The van der Waals surface area contributed by atoms with Crippen molar-refractivity contribution < 1.29 is 9.53 Å². The Morgan fingerprint density at radius 1 is 1.27 bits per heavy atom.